The molecule has 27 heavy (non-hydrogen) atoms. The number of aliphatic hydroxyl groups is 1. The van der Waals surface area contributed by atoms with Crippen molar-refractivity contribution in [3.63, 3.8) is 0 Å². The number of ketones is 1. The maximum Gasteiger partial charge on any atom is 0.437 e. The van der Waals surface area contributed by atoms with Crippen molar-refractivity contribution in [2.24, 2.45) is 5.92 Å². The maximum atomic E-state index is 13.9. The number of alkyl halides is 3. The molecule has 144 valence electrons. The van der Waals surface area contributed by atoms with Gasteiger partial charge in [-0.1, -0.05) is 18.2 Å². The number of urea groups is 1. The molecule has 0 saturated carbocycles. The minimum atomic E-state index is -5.29. The molecule has 1 aliphatic heterocycles. The van der Waals surface area contributed by atoms with Crippen molar-refractivity contribution in [3.8, 4) is 5.75 Å². The van der Waals surface area contributed by atoms with Crippen LogP contribution in [-0.4, -0.2) is 45.9 Å². The molecule has 1 aliphatic rings. The molecular formula is C17H15F3N2O4S. The molecule has 3 rings (SSSR count). The van der Waals surface area contributed by atoms with Crippen LogP contribution < -0.4 is 5.32 Å². The number of hydrogen-bond acceptors (Lipinski definition) is 5. The molecule has 0 spiro atoms. The van der Waals surface area contributed by atoms with E-state index in [1.165, 1.54) is 41.8 Å². The number of carbonyl (C=O) groups is 2. The van der Waals surface area contributed by atoms with Gasteiger partial charge in [-0.25, -0.2) is 4.79 Å². The van der Waals surface area contributed by atoms with E-state index in [-0.39, 0.29) is 21.1 Å². The van der Waals surface area contributed by atoms with Crippen molar-refractivity contribution >= 4 is 23.2 Å². The van der Waals surface area contributed by atoms with E-state index >= 15 is 0 Å². The lowest BCUT2D eigenvalue weighted by atomic mass is 9.78. The monoisotopic (exact) mass is 400 g/mol. The fourth-order valence-corrected chi connectivity index (χ4v) is 3.84. The number of halogens is 3. The summed E-state index contributed by atoms with van der Waals surface area (Å²) < 4.78 is 41.7. The van der Waals surface area contributed by atoms with Crippen LogP contribution in [0.2, 0.25) is 0 Å². The average Bonchev–Trinajstić information content (AvgIpc) is 3.13. The molecular weight excluding hydrogens is 385 g/mol. The second-order valence-corrected chi connectivity index (χ2v) is 7.07. The normalized spacial score (nSPS) is 26.0. The Morgan fingerprint density at radius 3 is 2.41 bits per heavy atom. The second-order valence-electron chi connectivity index (χ2n) is 6.12. The number of hydrogen-bond donors (Lipinski definition) is 3. The van der Waals surface area contributed by atoms with E-state index < -0.39 is 35.7 Å². The van der Waals surface area contributed by atoms with Gasteiger partial charge in [-0.15, -0.1) is 11.3 Å². The molecule has 2 amide bonds. The highest BCUT2D eigenvalue weighted by Crippen LogP contribution is 2.47. The number of thiophene rings is 1. The van der Waals surface area contributed by atoms with E-state index in [0.717, 1.165) is 18.4 Å². The molecule has 2 heterocycles. The number of phenols is 1. The first kappa shape index (κ1) is 19.2. The van der Waals surface area contributed by atoms with E-state index in [0.29, 0.717) is 0 Å². The lowest BCUT2D eigenvalue weighted by Gasteiger charge is -2.49. The molecule has 0 unspecified atom stereocenters. The fourth-order valence-electron chi connectivity index (χ4n) is 3.14. The molecule has 6 nitrogen and oxygen atoms in total. The predicted octanol–water partition coefficient (Wildman–Crippen LogP) is 2.90. The third-order valence-corrected chi connectivity index (χ3v) is 5.46. The molecule has 1 aromatic carbocycles. The lowest BCUT2D eigenvalue weighted by molar-refractivity contribution is -0.322. The summed E-state index contributed by atoms with van der Waals surface area (Å²) in [5.41, 5.74) is -3.56. The molecule has 0 aliphatic carbocycles. The number of aromatic hydroxyl groups is 1. The predicted molar refractivity (Wildman–Crippen MR) is 90.3 cm³/mol. The first-order chi connectivity index (χ1) is 12.6. The van der Waals surface area contributed by atoms with Crippen molar-refractivity contribution in [2.45, 2.75) is 17.9 Å². The topological polar surface area (TPSA) is 89.9 Å². The molecule has 10 heteroatoms. The van der Waals surface area contributed by atoms with Gasteiger partial charge in [0.15, 0.2) is 5.78 Å². The zero-order valence-electron chi connectivity index (χ0n) is 13.9. The zero-order chi connectivity index (χ0) is 20.0. The van der Waals surface area contributed by atoms with Gasteiger partial charge in [-0.3, -0.25) is 9.69 Å². The van der Waals surface area contributed by atoms with Crippen molar-refractivity contribution in [3.05, 3.63) is 52.2 Å². The van der Waals surface area contributed by atoms with Gasteiger partial charge < -0.3 is 15.5 Å². The van der Waals surface area contributed by atoms with Crippen molar-refractivity contribution < 1.29 is 33.0 Å². The minimum Gasteiger partial charge on any atom is -0.508 e. The first-order valence-corrected chi connectivity index (χ1v) is 8.65. The molecule has 1 saturated heterocycles. The summed E-state index contributed by atoms with van der Waals surface area (Å²) in [6.45, 7) is 0. The van der Waals surface area contributed by atoms with E-state index in [9.17, 15) is 33.0 Å². The summed E-state index contributed by atoms with van der Waals surface area (Å²) in [7, 11) is 0.782. The van der Waals surface area contributed by atoms with Crippen LogP contribution in [0.25, 0.3) is 0 Å². The Morgan fingerprint density at radius 2 is 1.89 bits per heavy atom. The number of benzene rings is 1. The number of nitrogens with zero attached hydrogens (tertiary/aromatic N) is 1. The summed E-state index contributed by atoms with van der Waals surface area (Å²) in [6.07, 6.45) is -5.29. The van der Waals surface area contributed by atoms with Crippen molar-refractivity contribution in [1.29, 1.82) is 0 Å². The molecule has 1 fully saturated rings. The number of nitrogens with one attached hydrogen (secondary N) is 1. The highest BCUT2D eigenvalue weighted by Gasteiger charge is 2.69. The number of phenolic OH excluding ortho intramolecular Hbond substituents is 1. The van der Waals surface area contributed by atoms with Crippen LogP contribution in [0.5, 0.6) is 5.75 Å². The third kappa shape index (κ3) is 3.04. The van der Waals surface area contributed by atoms with E-state index in [1.54, 1.807) is 0 Å². The number of carbonyl (C=O) groups excluding carboxylic acids is 2. The van der Waals surface area contributed by atoms with Gasteiger partial charge >= 0.3 is 12.2 Å². The Morgan fingerprint density at radius 1 is 1.26 bits per heavy atom. The van der Waals surface area contributed by atoms with E-state index in [2.05, 4.69) is 5.32 Å². The highest BCUT2D eigenvalue weighted by atomic mass is 32.1. The lowest BCUT2D eigenvalue weighted by Crippen LogP contribution is -2.72. The quantitative estimate of drug-likeness (QED) is 0.691. The Bertz CT molecular complexity index is 854. The van der Waals surface area contributed by atoms with Gasteiger partial charge in [0.25, 0.3) is 5.72 Å². The number of amides is 2. The standard InChI is InChI=1S/C17H15F3N2O4S/c1-22-15(25)21-13(9-4-6-10(23)7-5-9)12(16(22,26)17(18,19)20)14(24)11-3-2-8-27-11/h2-8,12-13,23,26H,1H3,(H,21,25)/t12-,13+,16+/m0/s1. The van der Waals surface area contributed by atoms with Crippen LogP contribution in [-0.2, 0) is 0 Å². The average molecular weight is 400 g/mol. The van der Waals surface area contributed by atoms with Crippen LogP contribution in [0.3, 0.4) is 0 Å². The molecule has 1 aromatic heterocycles. The Labute approximate surface area is 155 Å². The Balaban J connectivity index is 2.19. The van der Waals surface area contributed by atoms with Gasteiger partial charge in [0.1, 0.15) is 11.7 Å². The first-order valence-electron chi connectivity index (χ1n) is 7.77. The largest absolute Gasteiger partial charge is 0.508 e. The number of rotatable bonds is 3. The van der Waals surface area contributed by atoms with Crippen LogP contribution in [0, 0.1) is 5.92 Å². The van der Waals surface area contributed by atoms with Gasteiger partial charge in [-0.05, 0) is 29.1 Å². The van der Waals surface area contributed by atoms with Gasteiger partial charge in [-0.2, -0.15) is 13.2 Å². The Kier molecular flexibility index (Phi) is 4.64. The highest BCUT2D eigenvalue weighted by molar-refractivity contribution is 7.12. The van der Waals surface area contributed by atoms with Crippen LogP contribution in [0.4, 0.5) is 18.0 Å². The van der Waals surface area contributed by atoms with Gasteiger partial charge in [0.05, 0.1) is 10.9 Å². The number of Topliss-reactive ketones (excluding diaryl/α,β-unsaturated/α-hetero) is 1. The maximum absolute atomic E-state index is 13.9. The van der Waals surface area contributed by atoms with Crippen LogP contribution >= 0.6 is 11.3 Å². The summed E-state index contributed by atoms with van der Waals surface area (Å²) in [5, 5.41) is 23.9. The summed E-state index contributed by atoms with van der Waals surface area (Å²) in [6, 6.07) is 5.25. The summed E-state index contributed by atoms with van der Waals surface area (Å²) >= 11 is 0.939. The molecule has 0 radical (unpaired) electrons. The second kappa shape index (κ2) is 6.54. The third-order valence-electron chi connectivity index (χ3n) is 4.58. The van der Waals surface area contributed by atoms with Gasteiger partial charge in [0, 0.05) is 7.05 Å². The molecule has 2 aromatic rings. The van der Waals surface area contributed by atoms with Crippen LogP contribution in [0.1, 0.15) is 21.3 Å². The molecule has 3 atom stereocenters. The van der Waals surface area contributed by atoms with Crippen molar-refractivity contribution in [2.75, 3.05) is 7.05 Å². The molecule has 3 N–H and O–H groups in total. The zero-order valence-corrected chi connectivity index (χ0v) is 14.7. The Hall–Kier alpha value is -2.59. The smallest absolute Gasteiger partial charge is 0.437 e. The van der Waals surface area contributed by atoms with Crippen molar-refractivity contribution in [1.82, 2.24) is 10.2 Å². The summed E-state index contributed by atoms with van der Waals surface area (Å²) in [4.78, 5) is 25.2. The van der Waals surface area contributed by atoms with E-state index in [1.807, 2.05) is 0 Å². The SMILES string of the molecule is CN1C(=O)N[C@H](c2ccc(O)cc2)[C@@H](C(=O)c2cccs2)[C@@]1(O)C(F)(F)F. The minimum absolute atomic E-state index is 0.0241. The van der Waals surface area contributed by atoms with Crippen LogP contribution in [0.15, 0.2) is 41.8 Å². The van der Waals surface area contributed by atoms with Gasteiger partial charge in [0.2, 0.25) is 0 Å². The fraction of sp³-hybridized carbons (Fsp3) is 0.294. The molecule has 0 bridgehead atoms. The van der Waals surface area contributed by atoms with E-state index in [4.69, 9.17) is 0 Å². The summed E-state index contributed by atoms with van der Waals surface area (Å²) in [5.74, 6) is -3.14.